The molecule has 4 nitrogen and oxygen atoms in total. The van der Waals surface area contributed by atoms with Crippen molar-refractivity contribution < 1.29 is 8.42 Å². The summed E-state index contributed by atoms with van der Waals surface area (Å²) in [6.45, 7) is 8.43. The lowest BCUT2D eigenvalue weighted by Gasteiger charge is -2.23. The molecule has 1 aromatic heterocycles. The van der Waals surface area contributed by atoms with Gasteiger partial charge in [-0.1, -0.05) is 26.8 Å². The maximum Gasteiger partial charge on any atom is 0.211 e. The zero-order chi connectivity index (χ0) is 15.1. The quantitative estimate of drug-likeness (QED) is 0.651. The van der Waals surface area contributed by atoms with E-state index in [1.165, 1.54) is 4.88 Å². The SMILES string of the molecule is CCNCCCCS(=O)(=O)NCC(C)(C)c1cccs1. The second kappa shape index (κ2) is 8.12. The molecule has 6 heteroatoms. The average molecular weight is 319 g/mol. The molecule has 0 aliphatic carbocycles. The summed E-state index contributed by atoms with van der Waals surface area (Å²) in [7, 11) is -3.17. The summed E-state index contributed by atoms with van der Waals surface area (Å²) in [6.07, 6.45) is 1.59. The Hall–Kier alpha value is -0.430. The van der Waals surface area contributed by atoms with E-state index in [0.717, 1.165) is 19.5 Å². The monoisotopic (exact) mass is 318 g/mol. The highest BCUT2D eigenvalue weighted by Gasteiger charge is 2.24. The van der Waals surface area contributed by atoms with Crippen LogP contribution in [0.15, 0.2) is 17.5 Å². The topological polar surface area (TPSA) is 58.2 Å². The third-order valence-corrected chi connectivity index (χ3v) is 5.83. The van der Waals surface area contributed by atoms with Crippen molar-refractivity contribution in [3.63, 3.8) is 0 Å². The molecule has 1 heterocycles. The Morgan fingerprint density at radius 1 is 1.30 bits per heavy atom. The van der Waals surface area contributed by atoms with Gasteiger partial charge in [0.15, 0.2) is 0 Å². The van der Waals surface area contributed by atoms with Crippen molar-refractivity contribution in [1.82, 2.24) is 10.0 Å². The van der Waals surface area contributed by atoms with Crippen molar-refractivity contribution in [1.29, 1.82) is 0 Å². The molecular formula is C14H26N2O2S2. The van der Waals surface area contributed by atoms with Gasteiger partial charge in [0.05, 0.1) is 5.75 Å². The smallest absolute Gasteiger partial charge is 0.211 e. The molecule has 0 saturated heterocycles. The maximum atomic E-state index is 12.0. The number of rotatable bonds is 10. The van der Waals surface area contributed by atoms with Crippen LogP contribution >= 0.6 is 11.3 Å². The number of hydrogen-bond donors (Lipinski definition) is 2. The first kappa shape index (κ1) is 17.6. The van der Waals surface area contributed by atoms with Gasteiger partial charge in [0.25, 0.3) is 0 Å². The highest BCUT2D eigenvalue weighted by atomic mass is 32.2. The molecule has 1 rings (SSSR count). The number of unbranched alkanes of at least 4 members (excludes halogenated alkanes) is 1. The molecule has 0 radical (unpaired) electrons. The predicted molar refractivity (Wildman–Crippen MR) is 86.9 cm³/mol. The molecule has 0 fully saturated rings. The van der Waals surface area contributed by atoms with Crippen molar-refractivity contribution in [2.75, 3.05) is 25.4 Å². The normalized spacial score (nSPS) is 12.8. The van der Waals surface area contributed by atoms with Crippen molar-refractivity contribution in [3.8, 4) is 0 Å². The molecular weight excluding hydrogens is 292 g/mol. The lowest BCUT2D eigenvalue weighted by atomic mass is 9.92. The minimum absolute atomic E-state index is 0.162. The standard InChI is InChI=1S/C14H26N2O2S2/c1-4-15-9-5-6-11-20(17,18)16-12-14(2,3)13-8-7-10-19-13/h7-8,10,15-16H,4-6,9,11-12H2,1-3H3. The summed E-state index contributed by atoms with van der Waals surface area (Å²) in [6, 6.07) is 4.05. The Balaban J connectivity index is 2.36. The molecule has 0 unspecified atom stereocenters. The van der Waals surface area contributed by atoms with E-state index in [2.05, 4.69) is 30.0 Å². The zero-order valence-electron chi connectivity index (χ0n) is 12.6. The van der Waals surface area contributed by atoms with Crippen molar-refractivity contribution in [3.05, 3.63) is 22.4 Å². The molecule has 116 valence electrons. The van der Waals surface area contributed by atoms with E-state index >= 15 is 0 Å². The van der Waals surface area contributed by atoms with Crippen LogP contribution in [0.2, 0.25) is 0 Å². The Bertz CT molecular complexity index is 467. The second-order valence-electron chi connectivity index (χ2n) is 5.56. The summed E-state index contributed by atoms with van der Waals surface area (Å²) < 4.78 is 26.6. The van der Waals surface area contributed by atoms with Crippen LogP contribution in [-0.2, 0) is 15.4 Å². The van der Waals surface area contributed by atoms with Crippen LogP contribution in [0.25, 0.3) is 0 Å². The summed E-state index contributed by atoms with van der Waals surface area (Å²) in [5, 5.41) is 5.22. The van der Waals surface area contributed by atoms with Gasteiger partial charge in [0.1, 0.15) is 0 Å². The molecule has 0 aliphatic rings. The van der Waals surface area contributed by atoms with Gasteiger partial charge >= 0.3 is 0 Å². The minimum Gasteiger partial charge on any atom is -0.317 e. The molecule has 0 bridgehead atoms. The molecule has 2 N–H and O–H groups in total. The van der Waals surface area contributed by atoms with E-state index in [9.17, 15) is 8.42 Å². The molecule has 0 aliphatic heterocycles. The van der Waals surface area contributed by atoms with Gasteiger partial charge in [0.2, 0.25) is 10.0 Å². The van der Waals surface area contributed by atoms with Gasteiger partial charge in [-0.2, -0.15) is 0 Å². The molecule has 20 heavy (non-hydrogen) atoms. The van der Waals surface area contributed by atoms with E-state index in [1.807, 2.05) is 18.4 Å². The number of thiophene rings is 1. The van der Waals surface area contributed by atoms with Crippen LogP contribution in [-0.4, -0.2) is 33.8 Å². The fourth-order valence-electron chi connectivity index (χ4n) is 1.83. The molecule has 0 aromatic carbocycles. The molecule has 0 spiro atoms. The first-order chi connectivity index (χ1) is 9.37. The molecule has 0 saturated carbocycles. The van der Waals surface area contributed by atoms with Crippen LogP contribution in [0, 0.1) is 0 Å². The van der Waals surface area contributed by atoms with Crippen LogP contribution in [0.3, 0.4) is 0 Å². The van der Waals surface area contributed by atoms with Crippen LogP contribution in [0.5, 0.6) is 0 Å². The summed E-state index contributed by atoms with van der Waals surface area (Å²) in [5.74, 6) is 0.207. The number of nitrogens with one attached hydrogen (secondary N) is 2. The van der Waals surface area contributed by atoms with E-state index in [0.29, 0.717) is 13.0 Å². The van der Waals surface area contributed by atoms with Gasteiger partial charge in [0, 0.05) is 16.8 Å². The minimum atomic E-state index is -3.17. The Kier molecular flexibility index (Phi) is 7.15. The van der Waals surface area contributed by atoms with E-state index < -0.39 is 10.0 Å². The first-order valence-electron chi connectivity index (χ1n) is 7.09. The van der Waals surface area contributed by atoms with Crippen LogP contribution in [0.1, 0.15) is 38.5 Å². The maximum absolute atomic E-state index is 12.0. The predicted octanol–water partition coefficient (Wildman–Crippen LogP) is 2.33. The lowest BCUT2D eigenvalue weighted by Crippen LogP contribution is -2.37. The van der Waals surface area contributed by atoms with E-state index in [4.69, 9.17) is 0 Å². The van der Waals surface area contributed by atoms with Gasteiger partial charge < -0.3 is 5.32 Å². The Morgan fingerprint density at radius 3 is 2.65 bits per heavy atom. The molecule has 0 atom stereocenters. The van der Waals surface area contributed by atoms with Gasteiger partial charge in [-0.05, 0) is 37.4 Å². The van der Waals surface area contributed by atoms with Crippen molar-refractivity contribution >= 4 is 21.4 Å². The van der Waals surface area contributed by atoms with E-state index in [-0.39, 0.29) is 11.2 Å². The van der Waals surface area contributed by atoms with Gasteiger partial charge in [-0.25, -0.2) is 13.1 Å². The molecule has 0 amide bonds. The Labute approximate surface area is 127 Å². The summed E-state index contributed by atoms with van der Waals surface area (Å²) in [5.41, 5.74) is -0.162. The van der Waals surface area contributed by atoms with Gasteiger partial charge in [-0.15, -0.1) is 11.3 Å². The number of sulfonamides is 1. The second-order valence-corrected chi connectivity index (χ2v) is 8.44. The highest BCUT2D eigenvalue weighted by Crippen LogP contribution is 2.26. The number of hydrogen-bond acceptors (Lipinski definition) is 4. The van der Waals surface area contributed by atoms with Crippen molar-refractivity contribution in [2.24, 2.45) is 0 Å². The summed E-state index contributed by atoms with van der Waals surface area (Å²) in [4.78, 5) is 1.20. The fraction of sp³-hybridized carbons (Fsp3) is 0.714. The average Bonchev–Trinajstić information content (AvgIpc) is 2.91. The fourth-order valence-corrected chi connectivity index (χ4v) is 3.99. The highest BCUT2D eigenvalue weighted by molar-refractivity contribution is 7.89. The van der Waals surface area contributed by atoms with E-state index in [1.54, 1.807) is 11.3 Å². The third-order valence-electron chi connectivity index (χ3n) is 3.19. The Morgan fingerprint density at radius 2 is 2.05 bits per heavy atom. The van der Waals surface area contributed by atoms with Crippen LogP contribution < -0.4 is 10.0 Å². The largest absolute Gasteiger partial charge is 0.317 e. The zero-order valence-corrected chi connectivity index (χ0v) is 14.2. The van der Waals surface area contributed by atoms with Crippen LogP contribution in [0.4, 0.5) is 0 Å². The van der Waals surface area contributed by atoms with Gasteiger partial charge in [-0.3, -0.25) is 0 Å². The lowest BCUT2D eigenvalue weighted by molar-refractivity contribution is 0.508. The van der Waals surface area contributed by atoms with Crippen molar-refractivity contribution in [2.45, 2.75) is 39.0 Å². The third kappa shape index (κ3) is 6.35. The summed E-state index contributed by atoms with van der Waals surface area (Å²) >= 11 is 1.66. The molecule has 1 aromatic rings. The first-order valence-corrected chi connectivity index (χ1v) is 9.62.